The van der Waals surface area contributed by atoms with Crippen molar-refractivity contribution in [2.45, 2.75) is 45.6 Å². The molecule has 4 aromatic rings. The van der Waals surface area contributed by atoms with Crippen LogP contribution in [0.1, 0.15) is 37.0 Å². The molecule has 0 aliphatic rings. The summed E-state index contributed by atoms with van der Waals surface area (Å²) in [5.74, 6) is 1.16. The van der Waals surface area contributed by atoms with Crippen molar-refractivity contribution in [1.29, 1.82) is 0 Å². The van der Waals surface area contributed by atoms with Gasteiger partial charge in [-0.15, -0.1) is 0 Å². The van der Waals surface area contributed by atoms with Gasteiger partial charge >= 0.3 is 6.18 Å². The molecular weight excluding hydrogens is 543 g/mol. The largest absolute Gasteiger partial charge is 0.416 e. The molecule has 0 spiro atoms. The summed E-state index contributed by atoms with van der Waals surface area (Å²) in [4.78, 5) is 26.4. The lowest BCUT2D eigenvalue weighted by Gasteiger charge is -2.21. The minimum Gasteiger partial charge on any atom is -0.358 e. The number of imidazole rings is 1. The Labute approximate surface area is 235 Å². The van der Waals surface area contributed by atoms with Crippen molar-refractivity contribution in [2.75, 3.05) is 10.6 Å². The zero-order valence-corrected chi connectivity index (χ0v) is 22.7. The van der Waals surface area contributed by atoms with E-state index in [2.05, 4.69) is 30.9 Å². The first kappa shape index (κ1) is 28.9. The molecule has 0 bridgehead atoms. The van der Waals surface area contributed by atoms with Crippen LogP contribution in [0.3, 0.4) is 0 Å². The Bertz CT molecular complexity index is 1410. The summed E-state index contributed by atoms with van der Waals surface area (Å²) < 4.78 is 40.3. The van der Waals surface area contributed by atoms with Crippen LogP contribution in [0.25, 0.3) is 5.82 Å². The predicted molar refractivity (Wildman–Crippen MR) is 148 cm³/mol. The third-order valence-electron chi connectivity index (χ3n) is 5.91. The van der Waals surface area contributed by atoms with E-state index in [-0.39, 0.29) is 18.4 Å². The van der Waals surface area contributed by atoms with Gasteiger partial charge in [-0.25, -0.2) is 4.98 Å². The number of alkyl halides is 3. The number of carbonyl (C=O) groups excluding carboxylic acids is 1. The summed E-state index contributed by atoms with van der Waals surface area (Å²) in [5.41, 5.74) is 0.764. The second kappa shape index (κ2) is 12.8. The molecule has 0 radical (unpaired) electrons. The highest BCUT2D eigenvalue weighted by Gasteiger charge is 2.30. The molecule has 2 aromatic heterocycles. The van der Waals surface area contributed by atoms with Crippen LogP contribution in [0.4, 0.5) is 24.9 Å². The van der Waals surface area contributed by atoms with Crippen LogP contribution in [-0.2, 0) is 24.1 Å². The van der Waals surface area contributed by atoms with Gasteiger partial charge in [-0.05, 0) is 47.7 Å². The van der Waals surface area contributed by atoms with E-state index in [0.29, 0.717) is 41.1 Å². The number of hydrogen-bond acceptors (Lipinski definition) is 6. The number of carbonyl (C=O) groups is 1. The minimum atomic E-state index is -4.41. The third-order valence-corrected chi connectivity index (χ3v) is 6.15. The second-order valence-electron chi connectivity index (χ2n) is 9.63. The Kier molecular flexibility index (Phi) is 9.26. The van der Waals surface area contributed by atoms with Crippen molar-refractivity contribution in [2.24, 2.45) is 5.92 Å². The maximum atomic E-state index is 13.2. The van der Waals surface area contributed by atoms with Crippen LogP contribution in [0.15, 0.2) is 73.3 Å². The molecule has 0 fully saturated rings. The van der Waals surface area contributed by atoms with Crippen LogP contribution >= 0.6 is 11.6 Å². The van der Waals surface area contributed by atoms with Crippen molar-refractivity contribution in [3.8, 4) is 5.82 Å². The van der Waals surface area contributed by atoms with E-state index in [4.69, 9.17) is 11.6 Å². The topological polar surface area (TPSA) is 96.8 Å². The standard InChI is InChI=1S/C28H29ClF3N7O/c1-18(2)12-23(26(40)34-15-19-6-8-21(9-7-19)28(30,31)32)36-24-14-25(39-11-10-33-17-39)38-27(37-24)35-16-20-4-3-5-22(29)13-20/h3-11,13-14,17-18,23H,12,15-16H2,1-2H3,(H,34,40)(H2,35,36,37,38). The van der Waals surface area contributed by atoms with Gasteiger partial charge in [0, 0.05) is 36.6 Å². The third kappa shape index (κ3) is 8.19. The van der Waals surface area contributed by atoms with Gasteiger partial charge in [0.2, 0.25) is 11.9 Å². The Morgan fingerprint density at radius 1 is 1.02 bits per heavy atom. The van der Waals surface area contributed by atoms with Crippen LogP contribution in [0.5, 0.6) is 0 Å². The lowest BCUT2D eigenvalue weighted by atomic mass is 10.0. The van der Waals surface area contributed by atoms with E-state index in [0.717, 1.165) is 17.7 Å². The monoisotopic (exact) mass is 571 g/mol. The summed E-state index contributed by atoms with van der Waals surface area (Å²) in [5, 5.41) is 9.86. The summed E-state index contributed by atoms with van der Waals surface area (Å²) in [6, 6.07) is 13.2. The molecule has 1 atom stereocenters. The summed E-state index contributed by atoms with van der Waals surface area (Å²) in [6.07, 6.45) is 1.06. The maximum absolute atomic E-state index is 13.2. The van der Waals surface area contributed by atoms with Gasteiger partial charge in [-0.3, -0.25) is 9.36 Å². The first-order valence-corrected chi connectivity index (χ1v) is 13.0. The van der Waals surface area contributed by atoms with Crippen LogP contribution in [0, 0.1) is 5.92 Å². The molecular formula is C28H29ClF3N7O. The number of nitrogens with zero attached hydrogens (tertiary/aromatic N) is 4. The second-order valence-corrected chi connectivity index (χ2v) is 10.1. The van der Waals surface area contributed by atoms with Gasteiger partial charge in [0.25, 0.3) is 0 Å². The fraction of sp³-hybridized carbons (Fsp3) is 0.286. The van der Waals surface area contributed by atoms with E-state index in [1.54, 1.807) is 35.4 Å². The van der Waals surface area contributed by atoms with Crippen molar-refractivity contribution in [1.82, 2.24) is 24.8 Å². The highest BCUT2D eigenvalue weighted by atomic mass is 35.5. The molecule has 40 heavy (non-hydrogen) atoms. The zero-order chi connectivity index (χ0) is 28.7. The number of rotatable bonds is 11. The van der Waals surface area contributed by atoms with E-state index in [1.807, 2.05) is 32.0 Å². The smallest absolute Gasteiger partial charge is 0.358 e. The van der Waals surface area contributed by atoms with Gasteiger partial charge in [0.05, 0.1) is 5.56 Å². The molecule has 0 aliphatic carbocycles. The number of halogens is 4. The number of aromatic nitrogens is 4. The Morgan fingerprint density at radius 2 is 1.80 bits per heavy atom. The first-order valence-electron chi connectivity index (χ1n) is 12.6. The molecule has 210 valence electrons. The average Bonchev–Trinajstić information content (AvgIpc) is 3.45. The van der Waals surface area contributed by atoms with E-state index in [1.165, 1.54) is 12.1 Å². The van der Waals surface area contributed by atoms with E-state index < -0.39 is 17.8 Å². The Balaban J connectivity index is 1.51. The molecule has 8 nitrogen and oxygen atoms in total. The van der Waals surface area contributed by atoms with Crippen molar-refractivity contribution in [3.05, 3.63) is 95.0 Å². The van der Waals surface area contributed by atoms with Gasteiger partial charge in [-0.1, -0.05) is 49.7 Å². The number of hydrogen-bond donors (Lipinski definition) is 3. The Hall–Kier alpha value is -4.12. The van der Waals surface area contributed by atoms with Crippen molar-refractivity contribution in [3.63, 3.8) is 0 Å². The normalized spacial score (nSPS) is 12.3. The van der Waals surface area contributed by atoms with Gasteiger partial charge in [0.15, 0.2) is 0 Å². The molecule has 0 aliphatic heterocycles. The number of benzene rings is 2. The first-order chi connectivity index (χ1) is 19.1. The van der Waals surface area contributed by atoms with Crippen LogP contribution in [0.2, 0.25) is 5.02 Å². The fourth-order valence-corrected chi connectivity index (χ4v) is 4.16. The van der Waals surface area contributed by atoms with Crippen LogP contribution in [-0.4, -0.2) is 31.5 Å². The average molecular weight is 572 g/mol. The molecule has 2 heterocycles. The van der Waals surface area contributed by atoms with E-state index >= 15 is 0 Å². The molecule has 3 N–H and O–H groups in total. The summed E-state index contributed by atoms with van der Waals surface area (Å²) in [7, 11) is 0. The summed E-state index contributed by atoms with van der Waals surface area (Å²) >= 11 is 6.10. The number of anilines is 2. The summed E-state index contributed by atoms with van der Waals surface area (Å²) in [6.45, 7) is 4.50. The molecule has 1 unspecified atom stereocenters. The van der Waals surface area contributed by atoms with Gasteiger partial charge in [-0.2, -0.15) is 23.1 Å². The van der Waals surface area contributed by atoms with Gasteiger partial charge in [0.1, 0.15) is 24.0 Å². The fourth-order valence-electron chi connectivity index (χ4n) is 3.95. The SMILES string of the molecule is CC(C)CC(Nc1cc(-n2ccnc2)nc(NCc2cccc(Cl)c2)n1)C(=O)NCc1ccc(C(F)(F)F)cc1. The van der Waals surface area contributed by atoms with Crippen LogP contribution < -0.4 is 16.0 Å². The quantitative estimate of drug-likeness (QED) is 0.202. The van der Waals surface area contributed by atoms with Gasteiger partial charge < -0.3 is 16.0 Å². The molecule has 2 aromatic carbocycles. The molecule has 4 rings (SSSR count). The maximum Gasteiger partial charge on any atom is 0.416 e. The lowest BCUT2D eigenvalue weighted by molar-refractivity contribution is -0.137. The zero-order valence-electron chi connectivity index (χ0n) is 21.9. The van der Waals surface area contributed by atoms with Crippen molar-refractivity contribution >= 4 is 29.3 Å². The molecule has 12 heteroatoms. The molecule has 0 saturated carbocycles. The Morgan fingerprint density at radius 3 is 2.45 bits per heavy atom. The molecule has 1 amide bonds. The molecule has 0 saturated heterocycles. The number of amides is 1. The highest BCUT2D eigenvalue weighted by Crippen LogP contribution is 2.29. The number of nitrogens with one attached hydrogen (secondary N) is 3. The minimum absolute atomic E-state index is 0.0871. The van der Waals surface area contributed by atoms with E-state index in [9.17, 15) is 18.0 Å². The lowest BCUT2D eigenvalue weighted by Crippen LogP contribution is -2.40. The predicted octanol–water partition coefficient (Wildman–Crippen LogP) is 6.09. The van der Waals surface area contributed by atoms with Crippen molar-refractivity contribution < 1.29 is 18.0 Å². The highest BCUT2D eigenvalue weighted by molar-refractivity contribution is 6.30.